The van der Waals surface area contributed by atoms with E-state index in [1.54, 1.807) is 0 Å². The van der Waals surface area contributed by atoms with Crippen molar-refractivity contribution in [1.82, 2.24) is 0 Å². The molecule has 5 nitrogen and oxygen atoms in total. The zero-order chi connectivity index (χ0) is 8.27. The fourth-order valence-electron chi connectivity index (χ4n) is 1.17. The summed E-state index contributed by atoms with van der Waals surface area (Å²) in [6.45, 7) is -0.178. The van der Waals surface area contributed by atoms with E-state index in [9.17, 15) is 4.91 Å². The summed E-state index contributed by atoms with van der Waals surface area (Å²) in [5.41, 5.74) is 0. The van der Waals surface area contributed by atoms with E-state index in [1.165, 1.54) is 0 Å². The van der Waals surface area contributed by atoms with Crippen LogP contribution in [0.1, 0.15) is 12.8 Å². The zero-order valence-corrected chi connectivity index (χ0v) is 6.01. The second-order valence-electron chi connectivity index (χ2n) is 2.63. The molecule has 5 heteroatoms. The minimum absolute atomic E-state index is 0.178. The highest BCUT2D eigenvalue weighted by atomic mass is 16.6. The van der Waals surface area contributed by atoms with Crippen molar-refractivity contribution in [3.63, 3.8) is 0 Å². The molecule has 0 spiro atoms. The van der Waals surface area contributed by atoms with Gasteiger partial charge in [-0.2, -0.15) is 4.91 Å². The Morgan fingerprint density at radius 3 is 2.82 bits per heavy atom. The quantitative estimate of drug-likeness (QED) is 0.540. The van der Waals surface area contributed by atoms with E-state index in [0.29, 0.717) is 6.42 Å². The zero-order valence-electron chi connectivity index (χ0n) is 6.01. The van der Waals surface area contributed by atoms with Crippen LogP contribution in [-0.2, 0) is 4.74 Å². The lowest BCUT2D eigenvalue weighted by molar-refractivity contribution is -0.176. The van der Waals surface area contributed by atoms with Crippen LogP contribution in [-0.4, -0.2) is 35.3 Å². The minimum Gasteiger partial charge on any atom is -0.394 e. The van der Waals surface area contributed by atoms with Crippen molar-refractivity contribution in [3.8, 4) is 0 Å². The molecule has 1 rings (SSSR count). The molecule has 1 saturated heterocycles. The van der Waals surface area contributed by atoms with Gasteiger partial charge in [0.1, 0.15) is 0 Å². The van der Waals surface area contributed by atoms with Crippen LogP contribution in [0.4, 0.5) is 0 Å². The normalized spacial score (nSPS) is 38.5. The number of nitroso groups, excluding NO2 is 1. The first-order valence-corrected chi connectivity index (χ1v) is 3.53. The van der Waals surface area contributed by atoms with E-state index in [-0.39, 0.29) is 13.0 Å². The molecule has 0 bridgehead atoms. The van der Waals surface area contributed by atoms with Crippen LogP contribution in [0.5, 0.6) is 0 Å². The van der Waals surface area contributed by atoms with E-state index in [2.05, 4.69) is 5.18 Å². The third-order valence-corrected chi connectivity index (χ3v) is 1.71. The van der Waals surface area contributed by atoms with Crippen LogP contribution in [0.15, 0.2) is 5.18 Å². The van der Waals surface area contributed by atoms with Crippen molar-refractivity contribution >= 4 is 0 Å². The average Bonchev–Trinajstić information content (AvgIpc) is 2.03. The van der Waals surface area contributed by atoms with Crippen LogP contribution in [0, 0.1) is 4.91 Å². The Morgan fingerprint density at radius 2 is 2.27 bits per heavy atom. The first kappa shape index (κ1) is 8.58. The Balaban J connectivity index is 2.43. The Labute approximate surface area is 64.0 Å². The molecule has 64 valence electrons. The van der Waals surface area contributed by atoms with Gasteiger partial charge in [0.05, 0.1) is 18.8 Å². The lowest BCUT2D eigenvalue weighted by Crippen LogP contribution is -2.36. The number of nitrogens with zero attached hydrogens (tertiary/aromatic N) is 1. The van der Waals surface area contributed by atoms with Gasteiger partial charge in [-0.05, 0) is 0 Å². The SMILES string of the molecule is O=NC1CC(O)OC(CO)C1. The molecule has 0 aliphatic carbocycles. The Kier molecular flexibility index (Phi) is 2.92. The summed E-state index contributed by atoms with van der Waals surface area (Å²) in [4.78, 5) is 10.1. The van der Waals surface area contributed by atoms with Gasteiger partial charge in [-0.1, -0.05) is 5.18 Å². The molecule has 0 aromatic rings. The smallest absolute Gasteiger partial charge is 0.157 e. The summed E-state index contributed by atoms with van der Waals surface area (Å²) < 4.78 is 4.87. The van der Waals surface area contributed by atoms with E-state index in [1.807, 2.05) is 0 Å². The van der Waals surface area contributed by atoms with Crippen molar-refractivity contribution < 1.29 is 14.9 Å². The standard InChI is InChI=1S/C6H11NO4/c8-3-5-1-4(7-10)2-6(9)11-5/h4-6,8-9H,1-3H2. The maximum Gasteiger partial charge on any atom is 0.157 e. The van der Waals surface area contributed by atoms with E-state index < -0.39 is 18.4 Å². The lowest BCUT2D eigenvalue weighted by atomic mass is 10.0. The molecule has 3 atom stereocenters. The number of hydrogen-bond donors (Lipinski definition) is 2. The molecule has 1 fully saturated rings. The molecule has 1 heterocycles. The number of aliphatic hydroxyl groups is 2. The summed E-state index contributed by atoms with van der Waals surface area (Å²) in [7, 11) is 0. The first-order chi connectivity index (χ1) is 5.26. The van der Waals surface area contributed by atoms with E-state index in [0.717, 1.165) is 0 Å². The van der Waals surface area contributed by atoms with Crippen LogP contribution in [0.25, 0.3) is 0 Å². The van der Waals surface area contributed by atoms with Gasteiger partial charge in [-0.3, -0.25) is 0 Å². The summed E-state index contributed by atoms with van der Waals surface area (Å²) in [5.74, 6) is 0. The number of aliphatic hydroxyl groups excluding tert-OH is 2. The fraction of sp³-hybridized carbons (Fsp3) is 1.00. The molecule has 1 aliphatic rings. The van der Waals surface area contributed by atoms with Gasteiger partial charge in [0.25, 0.3) is 0 Å². The van der Waals surface area contributed by atoms with Crippen molar-refractivity contribution in [2.24, 2.45) is 5.18 Å². The molecule has 0 aromatic carbocycles. The molecule has 0 amide bonds. The third kappa shape index (κ3) is 2.21. The molecule has 0 saturated carbocycles. The van der Waals surface area contributed by atoms with Crippen LogP contribution < -0.4 is 0 Å². The van der Waals surface area contributed by atoms with Gasteiger partial charge in [-0.25, -0.2) is 0 Å². The molecule has 2 N–H and O–H groups in total. The molecular weight excluding hydrogens is 150 g/mol. The Morgan fingerprint density at radius 1 is 1.55 bits per heavy atom. The van der Waals surface area contributed by atoms with Gasteiger partial charge in [0.15, 0.2) is 6.29 Å². The third-order valence-electron chi connectivity index (χ3n) is 1.71. The molecule has 1 aliphatic heterocycles. The van der Waals surface area contributed by atoms with Crippen molar-refractivity contribution in [3.05, 3.63) is 4.91 Å². The predicted octanol–water partition coefficient (Wildman–Crippen LogP) is -0.389. The van der Waals surface area contributed by atoms with E-state index >= 15 is 0 Å². The van der Waals surface area contributed by atoms with Crippen molar-refractivity contribution in [2.45, 2.75) is 31.3 Å². The predicted molar refractivity (Wildman–Crippen MR) is 36.8 cm³/mol. The average molecular weight is 161 g/mol. The highest BCUT2D eigenvalue weighted by Gasteiger charge is 2.28. The second kappa shape index (κ2) is 3.75. The number of ether oxygens (including phenoxy) is 1. The summed E-state index contributed by atoms with van der Waals surface area (Å²) in [6.07, 6.45) is -0.762. The number of rotatable bonds is 2. The maximum atomic E-state index is 10.1. The minimum atomic E-state index is -0.955. The van der Waals surface area contributed by atoms with Gasteiger partial charge >= 0.3 is 0 Å². The van der Waals surface area contributed by atoms with Crippen molar-refractivity contribution in [1.29, 1.82) is 0 Å². The summed E-state index contributed by atoms with van der Waals surface area (Å²) in [5, 5.41) is 20.4. The highest BCUT2D eigenvalue weighted by Crippen LogP contribution is 2.19. The molecule has 0 radical (unpaired) electrons. The molecule has 3 unspecified atom stereocenters. The highest BCUT2D eigenvalue weighted by molar-refractivity contribution is 4.77. The topological polar surface area (TPSA) is 79.1 Å². The fourth-order valence-corrected chi connectivity index (χ4v) is 1.17. The Bertz CT molecular complexity index is 141. The number of hydrogen-bond acceptors (Lipinski definition) is 5. The van der Waals surface area contributed by atoms with Gasteiger partial charge < -0.3 is 14.9 Å². The summed E-state index contributed by atoms with van der Waals surface area (Å²) >= 11 is 0. The first-order valence-electron chi connectivity index (χ1n) is 3.53. The largest absolute Gasteiger partial charge is 0.394 e. The van der Waals surface area contributed by atoms with Gasteiger partial charge in [-0.15, -0.1) is 0 Å². The second-order valence-corrected chi connectivity index (χ2v) is 2.63. The Hall–Kier alpha value is -0.520. The van der Waals surface area contributed by atoms with Crippen LogP contribution in [0.3, 0.4) is 0 Å². The maximum absolute atomic E-state index is 10.1. The van der Waals surface area contributed by atoms with Crippen LogP contribution >= 0.6 is 0 Å². The van der Waals surface area contributed by atoms with Crippen LogP contribution in [0.2, 0.25) is 0 Å². The monoisotopic (exact) mass is 161 g/mol. The molecule has 0 aromatic heterocycles. The van der Waals surface area contributed by atoms with E-state index in [4.69, 9.17) is 14.9 Å². The lowest BCUT2D eigenvalue weighted by Gasteiger charge is -2.27. The molecule has 11 heavy (non-hydrogen) atoms. The molecular formula is C6H11NO4. The van der Waals surface area contributed by atoms with Crippen molar-refractivity contribution in [2.75, 3.05) is 6.61 Å². The summed E-state index contributed by atoms with van der Waals surface area (Å²) in [6, 6.07) is -0.420. The van der Waals surface area contributed by atoms with Gasteiger partial charge in [0.2, 0.25) is 0 Å². The van der Waals surface area contributed by atoms with Gasteiger partial charge in [0, 0.05) is 12.8 Å².